The van der Waals surface area contributed by atoms with Crippen molar-refractivity contribution in [1.29, 1.82) is 0 Å². The number of amides is 1. The predicted molar refractivity (Wildman–Crippen MR) is 75.7 cm³/mol. The third kappa shape index (κ3) is 3.19. The van der Waals surface area contributed by atoms with Gasteiger partial charge in [-0.2, -0.15) is 4.98 Å². The molecule has 0 spiro atoms. The molecule has 0 unspecified atom stereocenters. The summed E-state index contributed by atoms with van der Waals surface area (Å²) >= 11 is 0. The van der Waals surface area contributed by atoms with Crippen molar-refractivity contribution < 1.29 is 4.79 Å². The molecule has 0 aromatic carbocycles. The van der Waals surface area contributed by atoms with Gasteiger partial charge in [-0.1, -0.05) is 0 Å². The number of aryl methyl sites for hydroxylation is 1. The SMILES string of the molecule is O=C(NCCCc1ccncc1)c1nc2ncccn2n1. The molecule has 3 rings (SSSR count). The van der Waals surface area contributed by atoms with Gasteiger partial charge in [0.1, 0.15) is 0 Å². The van der Waals surface area contributed by atoms with Crippen molar-refractivity contribution in [3.05, 3.63) is 54.4 Å². The van der Waals surface area contributed by atoms with E-state index in [4.69, 9.17) is 0 Å². The van der Waals surface area contributed by atoms with Crippen molar-refractivity contribution in [3.63, 3.8) is 0 Å². The normalized spacial score (nSPS) is 10.7. The van der Waals surface area contributed by atoms with Crippen LogP contribution in [0.4, 0.5) is 0 Å². The Hall–Kier alpha value is -2.83. The molecule has 0 fully saturated rings. The van der Waals surface area contributed by atoms with Gasteiger partial charge in [0.05, 0.1) is 0 Å². The smallest absolute Gasteiger partial charge is 0.291 e. The minimum absolute atomic E-state index is 0.137. The highest BCUT2D eigenvalue weighted by Gasteiger charge is 2.12. The second-order valence-corrected chi connectivity index (χ2v) is 4.51. The van der Waals surface area contributed by atoms with Crippen LogP contribution in [0.3, 0.4) is 0 Å². The van der Waals surface area contributed by atoms with Crippen molar-refractivity contribution in [2.45, 2.75) is 12.8 Å². The third-order valence-corrected chi connectivity index (χ3v) is 3.00. The van der Waals surface area contributed by atoms with E-state index >= 15 is 0 Å². The molecule has 3 heterocycles. The summed E-state index contributed by atoms with van der Waals surface area (Å²) in [4.78, 5) is 24.0. The lowest BCUT2D eigenvalue weighted by molar-refractivity contribution is 0.0943. The van der Waals surface area contributed by atoms with Crippen molar-refractivity contribution >= 4 is 11.7 Å². The third-order valence-electron chi connectivity index (χ3n) is 3.00. The van der Waals surface area contributed by atoms with E-state index in [2.05, 4.69) is 25.4 Å². The summed E-state index contributed by atoms with van der Waals surface area (Å²) in [6.07, 6.45) is 8.59. The van der Waals surface area contributed by atoms with Gasteiger partial charge >= 0.3 is 0 Å². The van der Waals surface area contributed by atoms with Crippen LogP contribution < -0.4 is 5.32 Å². The van der Waals surface area contributed by atoms with E-state index in [-0.39, 0.29) is 11.7 Å². The Bertz CT molecular complexity index is 706. The van der Waals surface area contributed by atoms with Crippen LogP contribution in [0.2, 0.25) is 0 Å². The molecule has 0 radical (unpaired) electrons. The first-order chi connectivity index (χ1) is 10.3. The molecule has 0 saturated carbocycles. The number of pyridine rings is 1. The van der Waals surface area contributed by atoms with Crippen LogP contribution in [0.1, 0.15) is 22.6 Å². The van der Waals surface area contributed by atoms with Crippen LogP contribution in [0.25, 0.3) is 5.78 Å². The van der Waals surface area contributed by atoms with Gasteiger partial charge in [0, 0.05) is 31.3 Å². The van der Waals surface area contributed by atoms with Gasteiger partial charge in [-0.3, -0.25) is 9.78 Å². The summed E-state index contributed by atoms with van der Waals surface area (Å²) in [6, 6.07) is 5.67. The summed E-state index contributed by atoms with van der Waals surface area (Å²) < 4.78 is 1.48. The zero-order valence-electron chi connectivity index (χ0n) is 11.3. The number of hydrogen-bond acceptors (Lipinski definition) is 5. The molecular weight excluding hydrogens is 268 g/mol. The molecule has 3 aromatic heterocycles. The van der Waals surface area contributed by atoms with Crippen LogP contribution in [0.15, 0.2) is 43.0 Å². The highest BCUT2D eigenvalue weighted by molar-refractivity contribution is 5.90. The van der Waals surface area contributed by atoms with Gasteiger partial charge in [-0.15, -0.1) is 5.10 Å². The predicted octanol–water partition coefficient (Wildman–Crippen LogP) is 0.882. The first-order valence-electron chi connectivity index (χ1n) is 6.67. The molecule has 0 aliphatic rings. The monoisotopic (exact) mass is 282 g/mol. The fraction of sp³-hybridized carbons (Fsp3) is 0.214. The highest BCUT2D eigenvalue weighted by Crippen LogP contribution is 2.00. The Morgan fingerprint density at radius 2 is 2.10 bits per heavy atom. The second kappa shape index (κ2) is 6.08. The number of nitrogens with zero attached hydrogens (tertiary/aromatic N) is 5. The lowest BCUT2D eigenvalue weighted by Crippen LogP contribution is -2.26. The van der Waals surface area contributed by atoms with Crippen molar-refractivity contribution in [1.82, 2.24) is 29.9 Å². The van der Waals surface area contributed by atoms with Crippen molar-refractivity contribution in [2.75, 3.05) is 6.54 Å². The maximum absolute atomic E-state index is 11.9. The Balaban J connectivity index is 1.52. The number of nitrogens with one attached hydrogen (secondary N) is 1. The molecule has 7 nitrogen and oxygen atoms in total. The summed E-state index contributed by atoms with van der Waals surface area (Å²) in [7, 11) is 0. The molecule has 0 atom stereocenters. The first-order valence-corrected chi connectivity index (χ1v) is 6.67. The average molecular weight is 282 g/mol. The molecule has 21 heavy (non-hydrogen) atoms. The Morgan fingerprint density at radius 3 is 2.90 bits per heavy atom. The van der Waals surface area contributed by atoms with E-state index in [1.54, 1.807) is 30.9 Å². The van der Waals surface area contributed by atoms with Crippen LogP contribution >= 0.6 is 0 Å². The quantitative estimate of drug-likeness (QED) is 0.702. The van der Waals surface area contributed by atoms with Gasteiger partial charge in [0.25, 0.3) is 11.7 Å². The van der Waals surface area contributed by atoms with Crippen molar-refractivity contribution in [2.24, 2.45) is 0 Å². The maximum Gasteiger partial charge on any atom is 0.291 e. The molecule has 0 saturated heterocycles. The standard InChI is InChI=1S/C14H14N6O/c21-13(12-18-14-17-7-2-10-20(14)19-12)16-6-1-3-11-4-8-15-9-5-11/h2,4-5,7-10H,1,3,6H2,(H,16,21). The molecule has 1 amide bonds. The number of fused-ring (bicyclic) bond motifs is 1. The van der Waals surface area contributed by atoms with Gasteiger partial charge in [-0.25, -0.2) is 9.50 Å². The van der Waals surface area contributed by atoms with E-state index in [0.29, 0.717) is 12.3 Å². The first kappa shape index (κ1) is 13.2. The zero-order chi connectivity index (χ0) is 14.5. The van der Waals surface area contributed by atoms with Crippen LogP contribution in [-0.4, -0.2) is 37.0 Å². The fourth-order valence-electron chi connectivity index (χ4n) is 1.95. The van der Waals surface area contributed by atoms with Gasteiger partial charge < -0.3 is 5.32 Å². The molecule has 3 aromatic rings. The molecule has 0 aliphatic carbocycles. The summed E-state index contributed by atoms with van der Waals surface area (Å²) in [5.41, 5.74) is 1.20. The van der Waals surface area contributed by atoms with Gasteiger partial charge in [0.15, 0.2) is 0 Å². The highest BCUT2D eigenvalue weighted by atomic mass is 16.2. The molecule has 7 heteroatoms. The molecule has 0 bridgehead atoms. The van der Waals surface area contributed by atoms with E-state index in [1.807, 2.05) is 12.1 Å². The van der Waals surface area contributed by atoms with Crippen molar-refractivity contribution in [3.8, 4) is 0 Å². The van der Waals surface area contributed by atoms with E-state index < -0.39 is 0 Å². The van der Waals surface area contributed by atoms with E-state index in [1.165, 1.54) is 10.1 Å². The fourth-order valence-corrected chi connectivity index (χ4v) is 1.95. The summed E-state index contributed by atoms with van der Waals surface area (Å²) in [5.74, 6) is 0.271. The van der Waals surface area contributed by atoms with Gasteiger partial charge in [0.2, 0.25) is 5.82 Å². The number of carbonyl (C=O) groups is 1. The van der Waals surface area contributed by atoms with Crippen LogP contribution in [0, 0.1) is 0 Å². The minimum atomic E-state index is -0.282. The van der Waals surface area contributed by atoms with Crippen LogP contribution in [-0.2, 0) is 6.42 Å². The Labute approximate surface area is 121 Å². The largest absolute Gasteiger partial charge is 0.349 e. The number of aromatic nitrogens is 5. The van der Waals surface area contributed by atoms with E-state index in [9.17, 15) is 4.79 Å². The van der Waals surface area contributed by atoms with Gasteiger partial charge in [-0.05, 0) is 36.6 Å². The summed E-state index contributed by atoms with van der Waals surface area (Å²) in [5, 5.41) is 6.88. The number of carbonyl (C=O) groups excluding carboxylic acids is 1. The molecule has 0 aliphatic heterocycles. The minimum Gasteiger partial charge on any atom is -0.349 e. The lowest BCUT2D eigenvalue weighted by atomic mass is 10.1. The van der Waals surface area contributed by atoms with E-state index in [0.717, 1.165) is 12.8 Å². The number of rotatable bonds is 5. The lowest BCUT2D eigenvalue weighted by Gasteiger charge is -2.02. The topological polar surface area (TPSA) is 85.1 Å². The zero-order valence-corrected chi connectivity index (χ0v) is 11.3. The summed E-state index contributed by atoms with van der Waals surface area (Å²) in [6.45, 7) is 0.574. The van der Waals surface area contributed by atoms with Crippen LogP contribution in [0.5, 0.6) is 0 Å². The number of hydrogen-bond donors (Lipinski definition) is 1. The second-order valence-electron chi connectivity index (χ2n) is 4.51. The maximum atomic E-state index is 11.9. The Kier molecular flexibility index (Phi) is 3.81. The molecule has 106 valence electrons. The molecular formula is C14H14N6O. The average Bonchev–Trinajstić information content (AvgIpc) is 2.96. The molecule has 1 N–H and O–H groups in total. The Morgan fingerprint density at radius 1 is 1.24 bits per heavy atom.